The molecule has 0 saturated carbocycles. The Morgan fingerprint density at radius 3 is 2.57 bits per heavy atom. The Hall–Kier alpha value is -3.61. The number of nitrogens with zero attached hydrogens (tertiary/aromatic N) is 3. The van der Waals surface area contributed by atoms with Gasteiger partial charge in [0.2, 0.25) is 0 Å². The van der Waals surface area contributed by atoms with Crippen LogP contribution in [0.3, 0.4) is 0 Å². The van der Waals surface area contributed by atoms with E-state index in [0.717, 1.165) is 36.3 Å². The molecule has 3 aromatic rings. The molecule has 0 atom stereocenters. The van der Waals surface area contributed by atoms with Gasteiger partial charge < -0.3 is 15.5 Å². The van der Waals surface area contributed by atoms with Crippen LogP contribution < -0.4 is 15.5 Å². The van der Waals surface area contributed by atoms with E-state index in [0.29, 0.717) is 5.69 Å². The highest BCUT2D eigenvalue weighted by Crippen LogP contribution is 2.17. The molecule has 0 bridgehead atoms. The summed E-state index contributed by atoms with van der Waals surface area (Å²) in [7, 11) is 2.04. The minimum Gasteiger partial charge on any atom is -0.375 e. The van der Waals surface area contributed by atoms with Crippen LogP contribution in [0, 0.1) is 0 Å². The maximum absolute atomic E-state index is 12.2. The number of anilines is 2. The molecule has 0 spiro atoms. The molecule has 0 fully saturated rings. The summed E-state index contributed by atoms with van der Waals surface area (Å²) < 4.78 is 1.74. The summed E-state index contributed by atoms with van der Waals surface area (Å²) >= 11 is 0. The highest BCUT2D eigenvalue weighted by Gasteiger charge is 2.13. The molecular weight excluding hydrogens is 378 g/mol. The molecule has 2 amide bonds. The Labute approximate surface area is 176 Å². The van der Waals surface area contributed by atoms with Gasteiger partial charge in [0.25, 0.3) is 0 Å². The molecule has 7 heteroatoms. The lowest BCUT2D eigenvalue weighted by molar-refractivity contribution is -0.136. The van der Waals surface area contributed by atoms with Crippen LogP contribution in [0.15, 0.2) is 67.0 Å². The van der Waals surface area contributed by atoms with Crippen LogP contribution in [0.5, 0.6) is 0 Å². The van der Waals surface area contributed by atoms with E-state index in [9.17, 15) is 9.59 Å². The molecule has 0 aliphatic carbocycles. The second kappa shape index (κ2) is 10.2. The number of benzene rings is 2. The molecule has 0 saturated heterocycles. The number of aromatic nitrogens is 2. The standard InChI is InChI=1S/C23H27N5O2/c1-3-4-14-27(2)20-11-9-19(10-12-20)26-23(30)22(29)24-17-18-7-5-8-21(16-18)28-15-6-13-25-28/h5-13,15-16H,3-4,14,17H2,1-2H3,(H,24,29)(H,26,30). The average Bonchev–Trinajstić information content (AvgIpc) is 3.31. The van der Waals surface area contributed by atoms with E-state index in [-0.39, 0.29) is 6.54 Å². The summed E-state index contributed by atoms with van der Waals surface area (Å²) in [6.07, 6.45) is 5.81. The van der Waals surface area contributed by atoms with Gasteiger partial charge in [-0.2, -0.15) is 5.10 Å². The van der Waals surface area contributed by atoms with Crippen LogP contribution in [0.4, 0.5) is 11.4 Å². The fourth-order valence-electron chi connectivity index (χ4n) is 3.00. The molecule has 3 rings (SSSR count). The highest BCUT2D eigenvalue weighted by atomic mass is 16.2. The van der Waals surface area contributed by atoms with Crippen molar-refractivity contribution < 1.29 is 9.59 Å². The van der Waals surface area contributed by atoms with Crippen molar-refractivity contribution in [3.63, 3.8) is 0 Å². The van der Waals surface area contributed by atoms with Crippen molar-refractivity contribution >= 4 is 23.2 Å². The summed E-state index contributed by atoms with van der Waals surface area (Å²) in [6, 6.07) is 16.9. The lowest BCUT2D eigenvalue weighted by Gasteiger charge is -2.19. The monoisotopic (exact) mass is 405 g/mol. The number of nitrogens with one attached hydrogen (secondary N) is 2. The quantitative estimate of drug-likeness (QED) is 0.563. The predicted octanol–water partition coefficient (Wildman–Crippen LogP) is 3.36. The largest absolute Gasteiger partial charge is 0.375 e. The van der Waals surface area contributed by atoms with Gasteiger partial charge in [-0.3, -0.25) is 9.59 Å². The molecule has 0 unspecified atom stereocenters. The van der Waals surface area contributed by atoms with Gasteiger partial charge >= 0.3 is 11.8 Å². The van der Waals surface area contributed by atoms with Crippen LogP contribution in [0.25, 0.3) is 5.69 Å². The number of hydrogen-bond acceptors (Lipinski definition) is 4. The maximum Gasteiger partial charge on any atom is 0.313 e. The first kappa shape index (κ1) is 21.1. The summed E-state index contributed by atoms with van der Waals surface area (Å²) in [5.74, 6) is -1.37. The van der Waals surface area contributed by atoms with Gasteiger partial charge in [0.05, 0.1) is 5.69 Å². The maximum atomic E-state index is 12.2. The Bertz CT molecular complexity index is 968. The van der Waals surface area contributed by atoms with Gasteiger partial charge in [-0.15, -0.1) is 0 Å². The fraction of sp³-hybridized carbons (Fsp3) is 0.261. The summed E-state index contributed by atoms with van der Waals surface area (Å²) in [4.78, 5) is 26.5. The minimum atomic E-state index is -0.690. The van der Waals surface area contributed by atoms with Crippen LogP contribution in [0.2, 0.25) is 0 Å². The third kappa shape index (κ3) is 5.70. The first-order valence-corrected chi connectivity index (χ1v) is 10.1. The third-order valence-corrected chi connectivity index (χ3v) is 4.75. The van der Waals surface area contributed by atoms with Crippen LogP contribution in [0.1, 0.15) is 25.3 Å². The Morgan fingerprint density at radius 2 is 1.87 bits per heavy atom. The minimum absolute atomic E-state index is 0.253. The van der Waals surface area contributed by atoms with E-state index in [1.54, 1.807) is 23.0 Å². The van der Waals surface area contributed by atoms with Crippen molar-refractivity contribution in [2.24, 2.45) is 0 Å². The van der Waals surface area contributed by atoms with Crippen molar-refractivity contribution in [1.82, 2.24) is 15.1 Å². The lowest BCUT2D eigenvalue weighted by atomic mass is 10.2. The summed E-state index contributed by atoms with van der Waals surface area (Å²) in [6.45, 7) is 3.39. The first-order valence-electron chi connectivity index (χ1n) is 10.1. The topological polar surface area (TPSA) is 79.3 Å². The van der Waals surface area contributed by atoms with Crippen molar-refractivity contribution in [1.29, 1.82) is 0 Å². The zero-order valence-electron chi connectivity index (χ0n) is 17.3. The number of hydrogen-bond donors (Lipinski definition) is 2. The van der Waals surface area contributed by atoms with Crippen molar-refractivity contribution in [2.45, 2.75) is 26.3 Å². The molecule has 0 radical (unpaired) electrons. The Morgan fingerprint density at radius 1 is 1.07 bits per heavy atom. The van der Waals surface area contributed by atoms with E-state index in [2.05, 4.69) is 27.6 Å². The molecular formula is C23H27N5O2. The molecule has 30 heavy (non-hydrogen) atoms. The highest BCUT2D eigenvalue weighted by molar-refractivity contribution is 6.39. The second-order valence-electron chi connectivity index (χ2n) is 7.08. The fourth-order valence-corrected chi connectivity index (χ4v) is 3.00. The smallest absolute Gasteiger partial charge is 0.313 e. The van der Waals surface area contributed by atoms with E-state index in [4.69, 9.17) is 0 Å². The van der Waals surface area contributed by atoms with Gasteiger partial charge in [0.15, 0.2) is 0 Å². The SMILES string of the molecule is CCCCN(C)c1ccc(NC(=O)C(=O)NCc2cccc(-n3cccn3)c2)cc1. The van der Waals surface area contributed by atoms with Gasteiger partial charge in [-0.1, -0.05) is 25.5 Å². The molecule has 156 valence electrons. The third-order valence-electron chi connectivity index (χ3n) is 4.75. The second-order valence-corrected chi connectivity index (χ2v) is 7.08. The number of rotatable bonds is 8. The Balaban J connectivity index is 1.51. The van der Waals surface area contributed by atoms with Crippen LogP contribution in [-0.2, 0) is 16.1 Å². The van der Waals surface area contributed by atoms with E-state index in [1.807, 2.05) is 55.7 Å². The molecule has 0 aliphatic rings. The molecule has 2 N–H and O–H groups in total. The molecule has 1 heterocycles. The molecule has 1 aromatic heterocycles. The summed E-state index contributed by atoms with van der Waals surface area (Å²) in [5, 5.41) is 9.48. The van der Waals surface area contributed by atoms with E-state index >= 15 is 0 Å². The normalized spacial score (nSPS) is 10.5. The number of carbonyl (C=O) groups excluding carboxylic acids is 2. The number of unbranched alkanes of at least 4 members (excludes halogenated alkanes) is 1. The van der Waals surface area contributed by atoms with Crippen molar-refractivity contribution in [3.8, 4) is 5.69 Å². The predicted molar refractivity (Wildman–Crippen MR) is 119 cm³/mol. The molecule has 0 aliphatic heterocycles. The number of amides is 2. The van der Waals surface area contributed by atoms with E-state index in [1.165, 1.54) is 0 Å². The molecule has 2 aromatic carbocycles. The van der Waals surface area contributed by atoms with E-state index < -0.39 is 11.8 Å². The molecule has 7 nitrogen and oxygen atoms in total. The van der Waals surface area contributed by atoms with Gasteiger partial charge in [-0.25, -0.2) is 4.68 Å². The zero-order chi connectivity index (χ0) is 21.3. The van der Waals surface area contributed by atoms with Crippen molar-refractivity contribution in [3.05, 3.63) is 72.6 Å². The van der Waals surface area contributed by atoms with Gasteiger partial charge in [0.1, 0.15) is 0 Å². The van der Waals surface area contributed by atoms with Crippen molar-refractivity contribution in [2.75, 3.05) is 23.8 Å². The van der Waals surface area contributed by atoms with Crippen LogP contribution >= 0.6 is 0 Å². The first-order chi connectivity index (χ1) is 14.6. The summed E-state index contributed by atoms with van der Waals surface area (Å²) in [5.41, 5.74) is 3.43. The zero-order valence-corrected chi connectivity index (χ0v) is 17.3. The lowest BCUT2D eigenvalue weighted by Crippen LogP contribution is -2.35. The Kier molecular flexibility index (Phi) is 7.21. The average molecular weight is 406 g/mol. The van der Waals surface area contributed by atoms with Crippen LogP contribution in [-0.4, -0.2) is 35.2 Å². The number of carbonyl (C=O) groups is 2. The van der Waals surface area contributed by atoms with Gasteiger partial charge in [-0.05, 0) is 54.4 Å². The van der Waals surface area contributed by atoms with Gasteiger partial charge in [0, 0.05) is 43.9 Å².